The molecule has 0 aromatic carbocycles. The maximum atomic E-state index is 11.9. The molecular weight excluding hydrogens is 205 g/mol. The molecule has 0 saturated carbocycles. The quantitative estimate of drug-likeness (QED) is 0.597. The highest BCUT2D eigenvalue weighted by atomic mass is 31.2. The summed E-state index contributed by atoms with van der Waals surface area (Å²) in [4.78, 5) is 0. The number of nitrogens with two attached hydrogens (primary N) is 1. The molecule has 86 valence electrons. The highest BCUT2D eigenvalue weighted by Gasteiger charge is 2.27. The molecule has 0 aliphatic rings. The Kier molecular flexibility index (Phi) is 7.41. The molecule has 0 amide bonds. The molecule has 0 spiro atoms. The Bertz CT molecular complexity index is 174. The Morgan fingerprint density at radius 3 is 2.14 bits per heavy atom. The maximum Gasteiger partial charge on any atom is 0.331 e. The Labute approximate surface area is 85.1 Å². The van der Waals surface area contributed by atoms with Gasteiger partial charge in [-0.2, -0.15) is 0 Å². The van der Waals surface area contributed by atoms with Gasteiger partial charge in [-0.1, -0.05) is 0 Å². The van der Waals surface area contributed by atoms with Crippen molar-refractivity contribution in [1.82, 2.24) is 0 Å². The minimum atomic E-state index is -3.05. The molecule has 0 heterocycles. The molecule has 3 N–H and O–H groups in total. The van der Waals surface area contributed by atoms with Crippen LogP contribution in [0.25, 0.3) is 0 Å². The Hall–Kier alpha value is 0.0700. The largest absolute Gasteiger partial charge is 0.396 e. The third-order valence-electron chi connectivity index (χ3n) is 1.72. The lowest BCUT2D eigenvalue weighted by Gasteiger charge is -2.20. The smallest absolute Gasteiger partial charge is 0.331 e. The summed E-state index contributed by atoms with van der Waals surface area (Å²) in [5.74, 6) is -0.223. The monoisotopic (exact) mass is 225 g/mol. The zero-order valence-corrected chi connectivity index (χ0v) is 9.70. The first-order valence-corrected chi connectivity index (χ1v) is 6.53. The highest BCUT2D eigenvalue weighted by Crippen LogP contribution is 2.49. The summed E-state index contributed by atoms with van der Waals surface area (Å²) in [6.07, 6.45) is 0.182. The van der Waals surface area contributed by atoms with Gasteiger partial charge in [-0.3, -0.25) is 4.57 Å². The lowest BCUT2D eigenvalue weighted by atomic mass is 10.2. The molecule has 0 saturated heterocycles. The van der Waals surface area contributed by atoms with E-state index in [1.807, 2.05) is 0 Å². The van der Waals surface area contributed by atoms with Crippen LogP contribution in [0.3, 0.4) is 0 Å². The van der Waals surface area contributed by atoms with Gasteiger partial charge >= 0.3 is 7.60 Å². The second-order valence-corrected chi connectivity index (χ2v) is 5.02. The highest BCUT2D eigenvalue weighted by molar-refractivity contribution is 7.53. The van der Waals surface area contributed by atoms with Crippen LogP contribution in [0.15, 0.2) is 0 Å². The number of aliphatic hydroxyl groups excluding tert-OH is 1. The van der Waals surface area contributed by atoms with Crippen LogP contribution < -0.4 is 5.73 Å². The molecule has 0 aromatic heterocycles. The van der Waals surface area contributed by atoms with E-state index in [-0.39, 0.29) is 25.2 Å². The van der Waals surface area contributed by atoms with Crippen LogP contribution in [0.1, 0.15) is 13.8 Å². The SMILES string of the molecule is CCOP(=O)(C[C@H](CN)CO)OCC. The molecule has 0 bridgehead atoms. The predicted molar refractivity (Wildman–Crippen MR) is 55.4 cm³/mol. The average molecular weight is 225 g/mol. The summed E-state index contributed by atoms with van der Waals surface area (Å²) in [6, 6.07) is 0. The Morgan fingerprint density at radius 2 is 1.86 bits per heavy atom. The van der Waals surface area contributed by atoms with Crippen LogP contribution in [0.5, 0.6) is 0 Å². The van der Waals surface area contributed by atoms with Crippen LogP contribution in [0.2, 0.25) is 0 Å². The standard InChI is InChI=1S/C8H20NO4P/c1-3-12-14(11,13-4-2)7-8(5-9)6-10/h8,10H,3-7,9H2,1-2H3/t8-/m1/s1. The summed E-state index contributed by atoms with van der Waals surface area (Å²) in [7, 11) is -3.05. The molecule has 0 aromatic rings. The van der Waals surface area contributed by atoms with E-state index in [1.54, 1.807) is 13.8 Å². The first kappa shape index (κ1) is 14.1. The minimum absolute atomic E-state index is 0.0966. The lowest BCUT2D eigenvalue weighted by molar-refractivity contribution is 0.199. The molecular formula is C8H20NO4P. The molecule has 0 radical (unpaired) electrons. The minimum Gasteiger partial charge on any atom is -0.396 e. The number of hydrogen-bond donors (Lipinski definition) is 2. The summed E-state index contributed by atoms with van der Waals surface area (Å²) in [5.41, 5.74) is 5.39. The number of aliphatic hydroxyl groups is 1. The van der Waals surface area contributed by atoms with Crippen molar-refractivity contribution >= 4 is 7.60 Å². The third-order valence-corrected chi connectivity index (χ3v) is 3.99. The van der Waals surface area contributed by atoms with E-state index >= 15 is 0 Å². The first-order valence-electron chi connectivity index (χ1n) is 4.80. The normalized spacial score (nSPS) is 14.3. The van der Waals surface area contributed by atoms with Crippen LogP contribution in [-0.2, 0) is 13.6 Å². The molecule has 0 aliphatic heterocycles. The van der Waals surface area contributed by atoms with E-state index in [4.69, 9.17) is 19.9 Å². The first-order chi connectivity index (χ1) is 6.61. The Balaban J connectivity index is 4.26. The summed E-state index contributed by atoms with van der Waals surface area (Å²) in [6.45, 7) is 4.35. The van der Waals surface area contributed by atoms with E-state index in [9.17, 15) is 4.57 Å². The topological polar surface area (TPSA) is 81.8 Å². The lowest BCUT2D eigenvalue weighted by Crippen LogP contribution is -2.23. The van der Waals surface area contributed by atoms with Crippen LogP contribution in [-0.4, -0.2) is 37.6 Å². The summed E-state index contributed by atoms with van der Waals surface area (Å²) in [5, 5.41) is 8.91. The van der Waals surface area contributed by atoms with Gasteiger partial charge in [-0.15, -0.1) is 0 Å². The van der Waals surface area contributed by atoms with Crippen molar-refractivity contribution < 1.29 is 18.7 Å². The van der Waals surface area contributed by atoms with Gasteiger partial charge in [0.2, 0.25) is 0 Å². The number of hydrogen-bond acceptors (Lipinski definition) is 5. The van der Waals surface area contributed by atoms with Gasteiger partial charge < -0.3 is 19.9 Å². The van der Waals surface area contributed by atoms with Gasteiger partial charge in [-0.05, 0) is 20.4 Å². The van der Waals surface area contributed by atoms with E-state index in [2.05, 4.69) is 0 Å². The van der Waals surface area contributed by atoms with Gasteiger partial charge in [0.25, 0.3) is 0 Å². The molecule has 0 rings (SSSR count). The molecule has 5 nitrogen and oxygen atoms in total. The van der Waals surface area contributed by atoms with E-state index in [0.29, 0.717) is 13.2 Å². The number of rotatable bonds is 8. The Morgan fingerprint density at radius 1 is 1.36 bits per heavy atom. The zero-order valence-electron chi connectivity index (χ0n) is 8.81. The van der Waals surface area contributed by atoms with Crippen molar-refractivity contribution in [3.63, 3.8) is 0 Å². The fourth-order valence-corrected chi connectivity index (χ4v) is 3.03. The van der Waals surface area contributed by atoms with Gasteiger partial charge in [0.15, 0.2) is 0 Å². The van der Waals surface area contributed by atoms with Crippen molar-refractivity contribution in [3.05, 3.63) is 0 Å². The zero-order chi connectivity index (χ0) is 11.0. The van der Waals surface area contributed by atoms with Gasteiger partial charge in [0.05, 0.1) is 19.4 Å². The predicted octanol–water partition coefficient (Wildman–Crippen LogP) is 0.820. The second kappa shape index (κ2) is 7.37. The van der Waals surface area contributed by atoms with Crippen molar-refractivity contribution in [2.24, 2.45) is 11.7 Å². The van der Waals surface area contributed by atoms with E-state index < -0.39 is 7.60 Å². The molecule has 14 heavy (non-hydrogen) atoms. The fourth-order valence-electron chi connectivity index (χ4n) is 1.06. The van der Waals surface area contributed by atoms with Crippen LogP contribution in [0.4, 0.5) is 0 Å². The third kappa shape index (κ3) is 5.08. The van der Waals surface area contributed by atoms with Crippen LogP contribution in [0, 0.1) is 5.92 Å². The molecule has 0 fully saturated rings. The van der Waals surface area contributed by atoms with Crippen molar-refractivity contribution in [3.8, 4) is 0 Å². The van der Waals surface area contributed by atoms with E-state index in [0.717, 1.165) is 0 Å². The second-order valence-electron chi connectivity index (χ2n) is 2.91. The van der Waals surface area contributed by atoms with Crippen molar-refractivity contribution in [1.29, 1.82) is 0 Å². The van der Waals surface area contributed by atoms with Crippen LogP contribution >= 0.6 is 7.60 Å². The molecule has 1 atom stereocenters. The molecule has 0 unspecified atom stereocenters. The maximum absolute atomic E-state index is 11.9. The van der Waals surface area contributed by atoms with Gasteiger partial charge in [-0.25, -0.2) is 0 Å². The molecule has 6 heteroatoms. The van der Waals surface area contributed by atoms with Gasteiger partial charge in [0, 0.05) is 12.5 Å². The van der Waals surface area contributed by atoms with E-state index in [1.165, 1.54) is 0 Å². The summed E-state index contributed by atoms with van der Waals surface area (Å²) >= 11 is 0. The average Bonchev–Trinajstić information content (AvgIpc) is 2.15. The summed E-state index contributed by atoms with van der Waals surface area (Å²) < 4.78 is 22.1. The van der Waals surface area contributed by atoms with Gasteiger partial charge in [0.1, 0.15) is 0 Å². The molecule has 0 aliphatic carbocycles. The van der Waals surface area contributed by atoms with Crippen molar-refractivity contribution in [2.45, 2.75) is 13.8 Å². The van der Waals surface area contributed by atoms with Crippen molar-refractivity contribution in [2.75, 3.05) is 32.5 Å². The fraction of sp³-hybridized carbons (Fsp3) is 1.00.